The molecule has 1 saturated heterocycles. The van der Waals surface area contributed by atoms with Crippen LogP contribution < -0.4 is 10.6 Å². The molecule has 2 amide bonds. The first-order valence-electron chi connectivity index (χ1n) is 5.79. The van der Waals surface area contributed by atoms with Crippen LogP contribution in [-0.2, 0) is 0 Å². The number of amides is 2. The average Bonchev–Trinajstić information content (AvgIpc) is 2.79. The highest BCUT2D eigenvalue weighted by Gasteiger charge is 2.31. The summed E-state index contributed by atoms with van der Waals surface area (Å²) in [6.07, 6.45) is 0.699. The van der Waals surface area contributed by atoms with Crippen molar-refractivity contribution < 1.29 is 9.90 Å². The van der Waals surface area contributed by atoms with Crippen molar-refractivity contribution in [3.8, 4) is 0 Å². The van der Waals surface area contributed by atoms with Gasteiger partial charge in [-0.3, -0.25) is 0 Å². The number of hydrogen-bond donors (Lipinski definition) is 3. The van der Waals surface area contributed by atoms with Gasteiger partial charge in [-0.05, 0) is 30.4 Å². The second-order valence-corrected chi connectivity index (χ2v) is 6.38. The van der Waals surface area contributed by atoms with E-state index in [2.05, 4.69) is 10.6 Å². The topological polar surface area (TPSA) is 61.4 Å². The third-order valence-corrected chi connectivity index (χ3v) is 4.81. The summed E-state index contributed by atoms with van der Waals surface area (Å²) in [6.45, 7) is 0.243. The summed E-state index contributed by atoms with van der Waals surface area (Å²) in [5.74, 6) is 1.58. The second-order valence-electron chi connectivity index (χ2n) is 4.46. The van der Waals surface area contributed by atoms with Crippen LogP contribution in [0.2, 0.25) is 10.0 Å². The largest absolute Gasteiger partial charge is 0.387 e. The third-order valence-electron chi connectivity index (χ3n) is 2.84. The first-order chi connectivity index (χ1) is 8.98. The molecule has 1 fully saturated rings. The molecule has 1 heterocycles. The monoisotopic (exact) mass is 320 g/mol. The Balaban J connectivity index is 1.85. The Bertz CT molecular complexity index is 479. The van der Waals surface area contributed by atoms with E-state index in [0.29, 0.717) is 27.9 Å². The van der Waals surface area contributed by atoms with E-state index in [0.717, 1.165) is 5.75 Å². The molecule has 7 heteroatoms. The summed E-state index contributed by atoms with van der Waals surface area (Å²) < 4.78 is 0. The third kappa shape index (κ3) is 4.18. The fourth-order valence-electron chi connectivity index (χ4n) is 1.73. The predicted octanol–water partition coefficient (Wildman–Crippen LogP) is 2.98. The molecular formula is C12H14Cl2N2O2S. The van der Waals surface area contributed by atoms with Crippen LogP contribution in [0.4, 0.5) is 10.5 Å². The van der Waals surface area contributed by atoms with Gasteiger partial charge in [0.25, 0.3) is 0 Å². The number of thioether (sulfide) groups is 1. The van der Waals surface area contributed by atoms with E-state index in [1.165, 1.54) is 0 Å². The van der Waals surface area contributed by atoms with Crippen molar-refractivity contribution in [3.63, 3.8) is 0 Å². The van der Waals surface area contributed by atoms with Gasteiger partial charge in [-0.25, -0.2) is 4.79 Å². The second kappa shape index (κ2) is 6.22. The van der Waals surface area contributed by atoms with Gasteiger partial charge < -0.3 is 15.7 Å². The van der Waals surface area contributed by atoms with Gasteiger partial charge in [0, 0.05) is 18.0 Å². The van der Waals surface area contributed by atoms with Crippen LogP contribution in [0.1, 0.15) is 6.42 Å². The van der Waals surface area contributed by atoms with E-state index in [9.17, 15) is 9.90 Å². The molecule has 1 aromatic rings. The maximum Gasteiger partial charge on any atom is 0.319 e. The van der Waals surface area contributed by atoms with Crippen molar-refractivity contribution in [1.82, 2.24) is 5.32 Å². The van der Waals surface area contributed by atoms with Crippen molar-refractivity contribution in [2.75, 3.05) is 23.4 Å². The van der Waals surface area contributed by atoms with Gasteiger partial charge in [-0.2, -0.15) is 11.8 Å². The van der Waals surface area contributed by atoms with Crippen LogP contribution in [0.5, 0.6) is 0 Å². The quantitative estimate of drug-likeness (QED) is 0.802. The summed E-state index contributed by atoms with van der Waals surface area (Å²) in [5, 5.41) is 16.2. The Labute approximate surface area is 125 Å². The summed E-state index contributed by atoms with van der Waals surface area (Å²) in [7, 11) is 0. The van der Waals surface area contributed by atoms with Crippen LogP contribution in [0.15, 0.2) is 18.2 Å². The maximum absolute atomic E-state index is 11.7. The van der Waals surface area contributed by atoms with Gasteiger partial charge in [0.1, 0.15) is 0 Å². The van der Waals surface area contributed by atoms with E-state index in [4.69, 9.17) is 23.2 Å². The summed E-state index contributed by atoms with van der Waals surface area (Å²) in [5.41, 5.74) is -0.237. The first-order valence-corrected chi connectivity index (χ1v) is 7.70. The van der Waals surface area contributed by atoms with E-state index >= 15 is 0 Å². The number of carbonyl (C=O) groups excluding carboxylic acids is 1. The molecule has 0 spiro atoms. The van der Waals surface area contributed by atoms with Crippen LogP contribution in [-0.4, -0.2) is 34.8 Å². The number of aliphatic hydroxyl groups is 1. The highest BCUT2D eigenvalue weighted by Crippen LogP contribution is 2.27. The van der Waals surface area contributed by atoms with Crippen LogP contribution in [0.25, 0.3) is 0 Å². The van der Waals surface area contributed by atoms with E-state index in [1.807, 2.05) is 0 Å². The van der Waals surface area contributed by atoms with Crippen molar-refractivity contribution >= 4 is 46.7 Å². The van der Waals surface area contributed by atoms with E-state index in [1.54, 1.807) is 30.0 Å². The highest BCUT2D eigenvalue weighted by atomic mass is 35.5. The molecule has 104 valence electrons. The van der Waals surface area contributed by atoms with Gasteiger partial charge >= 0.3 is 6.03 Å². The van der Waals surface area contributed by atoms with Crippen molar-refractivity contribution in [3.05, 3.63) is 28.2 Å². The van der Waals surface area contributed by atoms with E-state index < -0.39 is 5.60 Å². The molecule has 2 rings (SSSR count). The van der Waals surface area contributed by atoms with Crippen LogP contribution in [0.3, 0.4) is 0 Å². The van der Waals surface area contributed by atoms with Crippen molar-refractivity contribution in [1.29, 1.82) is 0 Å². The Morgan fingerprint density at radius 3 is 2.84 bits per heavy atom. The number of anilines is 1. The fourth-order valence-corrected chi connectivity index (χ4v) is 3.32. The predicted molar refractivity (Wildman–Crippen MR) is 80.4 cm³/mol. The molecule has 0 radical (unpaired) electrons. The number of nitrogens with one attached hydrogen (secondary N) is 2. The molecule has 19 heavy (non-hydrogen) atoms. The van der Waals surface area contributed by atoms with E-state index in [-0.39, 0.29) is 12.6 Å². The molecule has 0 bridgehead atoms. The van der Waals surface area contributed by atoms with Gasteiger partial charge in [0.05, 0.1) is 15.6 Å². The molecule has 0 aliphatic carbocycles. The molecule has 0 saturated carbocycles. The normalized spacial score (nSPS) is 22.3. The number of rotatable bonds is 3. The van der Waals surface area contributed by atoms with Gasteiger partial charge in [-0.1, -0.05) is 23.2 Å². The summed E-state index contributed by atoms with van der Waals surface area (Å²) >= 11 is 13.3. The summed E-state index contributed by atoms with van der Waals surface area (Å²) in [4.78, 5) is 11.7. The highest BCUT2D eigenvalue weighted by molar-refractivity contribution is 7.99. The Morgan fingerprint density at radius 2 is 2.21 bits per heavy atom. The first kappa shape index (κ1) is 14.8. The zero-order valence-electron chi connectivity index (χ0n) is 10.1. The zero-order valence-corrected chi connectivity index (χ0v) is 12.4. The molecule has 4 nitrogen and oxygen atoms in total. The number of halogens is 2. The standard InChI is InChI=1S/C12H14Cl2N2O2S/c13-9-2-1-8(5-10(9)14)16-11(17)15-6-12(18)3-4-19-7-12/h1-2,5,18H,3-4,6-7H2,(H2,15,16,17). The smallest absolute Gasteiger partial charge is 0.319 e. The molecule has 0 aromatic heterocycles. The molecular weight excluding hydrogens is 307 g/mol. The van der Waals surface area contributed by atoms with Gasteiger partial charge in [-0.15, -0.1) is 0 Å². The average molecular weight is 321 g/mol. The van der Waals surface area contributed by atoms with Crippen LogP contribution in [0, 0.1) is 0 Å². The Kier molecular flexibility index (Phi) is 4.84. The number of hydrogen-bond acceptors (Lipinski definition) is 3. The van der Waals surface area contributed by atoms with Crippen molar-refractivity contribution in [2.45, 2.75) is 12.0 Å². The number of benzene rings is 1. The molecule has 1 aliphatic heterocycles. The number of carbonyl (C=O) groups is 1. The Morgan fingerprint density at radius 1 is 1.42 bits per heavy atom. The molecule has 1 atom stereocenters. The van der Waals surface area contributed by atoms with Gasteiger partial charge in [0.15, 0.2) is 0 Å². The molecule has 1 aliphatic rings. The fraction of sp³-hybridized carbons (Fsp3) is 0.417. The lowest BCUT2D eigenvalue weighted by Gasteiger charge is -2.21. The minimum absolute atomic E-state index is 0.243. The van der Waals surface area contributed by atoms with Gasteiger partial charge in [0.2, 0.25) is 0 Å². The molecule has 1 aromatic carbocycles. The van der Waals surface area contributed by atoms with Crippen LogP contribution >= 0.6 is 35.0 Å². The zero-order chi connectivity index (χ0) is 13.9. The lowest BCUT2D eigenvalue weighted by atomic mass is 10.0. The lowest BCUT2D eigenvalue weighted by Crippen LogP contribution is -2.44. The molecule has 1 unspecified atom stereocenters. The SMILES string of the molecule is O=C(NCC1(O)CCSC1)Nc1ccc(Cl)c(Cl)c1. The minimum Gasteiger partial charge on any atom is -0.387 e. The minimum atomic E-state index is -0.792. The Hall–Kier alpha value is -0.620. The number of urea groups is 1. The van der Waals surface area contributed by atoms with Crippen molar-refractivity contribution in [2.24, 2.45) is 0 Å². The maximum atomic E-state index is 11.7. The summed E-state index contributed by atoms with van der Waals surface area (Å²) in [6, 6.07) is 4.47. The molecule has 3 N–H and O–H groups in total. The lowest BCUT2D eigenvalue weighted by molar-refractivity contribution is 0.0706.